The summed E-state index contributed by atoms with van der Waals surface area (Å²) in [6, 6.07) is 0. The number of carbonyl (C=O) groups is 1. The van der Waals surface area contributed by atoms with E-state index in [9.17, 15) is 4.79 Å². The van der Waals surface area contributed by atoms with E-state index in [1.807, 2.05) is 11.6 Å². The molecule has 0 spiro atoms. The lowest BCUT2D eigenvalue weighted by atomic mass is 10.2. The fourth-order valence-electron chi connectivity index (χ4n) is 1.63. The second kappa shape index (κ2) is 6.15. The number of rotatable bonds is 6. The Morgan fingerprint density at radius 1 is 1.50 bits per heavy atom. The van der Waals surface area contributed by atoms with E-state index in [0.717, 1.165) is 28.8 Å². The Morgan fingerprint density at radius 2 is 2.19 bits per heavy atom. The third-order valence-electron chi connectivity index (χ3n) is 2.43. The van der Waals surface area contributed by atoms with Gasteiger partial charge in [0.15, 0.2) is 5.78 Å². The minimum absolute atomic E-state index is 0.181. The molecule has 0 aliphatic rings. The molecule has 0 unspecified atom stereocenters. The van der Waals surface area contributed by atoms with Gasteiger partial charge in [-0.15, -0.1) is 0 Å². The number of hydrogen-bond acceptors (Lipinski definition) is 3. The molecule has 1 N–H and O–H groups in total. The van der Waals surface area contributed by atoms with Crippen molar-refractivity contribution in [1.82, 2.24) is 15.1 Å². The summed E-state index contributed by atoms with van der Waals surface area (Å²) >= 11 is 3.53. The largest absolute Gasteiger partial charge is 0.313 e. The van der Waals surface area contributed by atoms with Crippen molar-refractivity contribution in [3.8, 4) is 0 Å². The Morgan fingerprint density at radius 3 is 2.69 bits per heavy atom. The maximum Gasteiger partial charge on any atom is 0.152 e. The van der Waals surface area contributed by atoms with Gasteiger partial charge in [0.1, 0.15) is 0 Å². The molecule has 0 saturated carbocycles. The van der Waals surface area contributed by atoms with Crippen LogP contribution in [0, 0.1) is 0 Å². The molecule has 90 valence electrons. The van der Waals surface area contributed by atoms with Gasteiger partial charge in [-0.2, -0.15) is 5.10 Å². The van der Waals surface area contributed by atoms with Gasteiger partial charge >= 0.3 is 0 Å². The summed E-state index contributed by atoms with van der Waals surface area (Å²) in [6.07, 6.45) is 1.31. The van der Waals surface area contributed by atoms with E-state index in [0.29, 0.717) is 13.0 Å². The second-order valence-corrected chi connectivity index (χ2v) is 4.42. The van der Waals surface area contributed by atoms with Crippen LogP contribution < -0.4 is 5.32 Å². The molecule has 0 saturated heterocycles. The van der Waals surface area contributed by atoms with Gasteiger partial charge in [-0.25, -0.2) is 0 Å². The van der Waals surface area contributed by atoms with Crippen molar-refractivity contribution in [2.45, 2.75) is 33.2 Å². The molecule has 0 aliphatic carbocycles. The molecule has 0 aliphatic heterocycles. The van der Waals surface area contributed by atoms with Gasteiger partial charge in [-0.05, 0) is 36.3 Å². The average Bonchev–Trinajstić information content (AvgIpc) is 2.56. The van der Waals surface area contributed by atoms with Crippen LogP contribution in [0.4, 0.5) is 0 Å². The Hall–Kier alpha value is -0.680. The van der Waals surface area contributed by atoms with Crippen LogP contribution in [0.3, 0.4) is 0 Å². The van der Waals surface area contributed by atoms with Gasteiger partial charge in [0.25, 0.3) is 0 Å². The highest BCUT2D eigenvalue weighted by Crippen LogP contribution is 2.22. The summed E-state index contributed by atoms with van der Waals surface area (Å²) in [4.78, 5) is 11.6. The number of aromatic nitrogens is 2. The number of carbonyl (C=O) groups excluding carboxylic acids is 1. The van der Waals surface area contributed by atoms with E-state index in [1.54, 1.807) is 7.05 Å². The summed E-state index contributed by atoms with van der Waals surface area (Å²) in [6.45, 7) is 5.29. The molecular weight excluding hydrogens is 270 g/mol. The van der Waals surface area contributed by atoms with Crippen LogP contribution in [0.5, 0.6) is 0 Å². The molecule has 0 fully saturated rings. The molecule has 0 bridgehead atoms. The van der Waals surface area contributed by atoms with Crippen LogP contribution in [0.2, 0.25) is 0 Å². The number of ketones is 1. The van der Waals surface area contributed by atoms with Crippen LogP contribution in [0.1, 0.15) is 25.2 Å². The minimum Gasteiger partial charge on any atom is -0.313 e. The van der Waals surface area contributed by atoms with Crippen LogP contribution in [-0.2, 0) is 24.2 Å². The topological polar surface area (TPSA) is 46.9 Å². The van der Waals surface area contributed by atoms with Gasteiger partial charge < -0.3 is 5.32 Å². The first-order valence-corrected chi connectivity index (χ1v) is 6.33. The number of nitrogens with zero attached hydrogens (tertiary/aromatic N) is 2. The first kappa shape index (κ1) is 13.4. The van der Waals surface area contributed by atoms with Crippen LogP contribution in [0.15, 0.2) is 4.47 Å². The molecule has 0 radical (unpaired) electrons. The third-order valence-corrected chi connectivity index (χ3v) is 3.35. The molecule has 5 heteroatoms. The molecule has 16 heavy (non-hydrogen) atoms. The van der Waals surface area contributed by atoms with E-state index >= 15 is 0 Å². The summed E-state index contributed by atoms with van der Waals surface area (Å²) < 4.78 is 2.89. The van der Waals surface area contributed by atoms with E-state index in [4.69, 9.17) is 0 Å². The molecule has 1 heterocycles. The maximum atomic E-state index is 11.6. The van der Waals surface area contributed by atoms with E-state index in [2.05, 4.69) is 33.3 Å². The van der Waals surface area contributed by atoms with Gasteiger partial charge in [0.05, 0.1) is 28.8 Å². The van der Waals surface area contributed by atoms with E-state index in [-0.39, 0.29) is 5.78 Å². The second-order valence-electron chi connectivity index (χ2n) is 3.62. The summed E-state index contributed by atoms with van der Waals surface area (Å²) in [5.74, 6) is 0.181. The van der Waals surface area contributed by atoms with Gasteiger partial charge in [-0.1, -0.05) is 6.92 Å². The zero-order chi connectivity index (χ0) is 12.1. The SMILES string of the molecule is CCc1nn(CC)c(CC(=O)CNC)c1Br. The Bertz CT molecular complexity index is 374. The van der Waals surface area contributed by atoms with Crippen LogP contribution in [-0.4, -0.2) is 29.2 Å². The van der Waals surface area contributed by atoms with Crippen molar-refractivity contribution in [3.05, 3.63) is 15.9 Å². The maximum absolute atomic E-state index is 11.6. The van der Waals surface area contributed by atoms with Crippen molar-refractivity contribution >= 4 is 21.7 Å². The smallest absolute Gasteiger partial charge is 0.152 e. The Balaban J connectivity index is 2.93. The van der Waals surface area contributed by atoms with Gasteiger partial charge in [0, 0.05) is 6.54 Å². The number of aryl methyl sites for hydroxylation is 2. The molecule has 1 rings (SSSR count). The zero-order valence-corrected chi connectivity index (χ0v) is 11.6. The van der Waals surface area contributed by atoms with Crippen molar-refractivity contribution in [2.75, 3.05) is 13.6 Å². The molecule has 1 aromatic heterocycles. The zero-order valence-electron chi connectivity index (χ0n) is 10.0. The summed E-state index contributed by atoms with van der Waals surface area (Å²) in [5, 5.41) is 7.33. The van der Waals surface area contributed by atoms with Gasteiger partial charge in [0.2, 0.25) is 0 Å². The molecule has 0 aromatic carbocycles. The molecular formula is C11H18BrN3O. The Kier molecular flexibility index (Phi) is 5.15. The van der Waals surface area contributed by atoms with Crippen molar-refractivity contribution in [1.29, 1.82) is 0 Å². The normalized spacial score (nSPS) is 10.8. The minimum atomic E-state index is 0.181. The number of hydrogen-bond donors (Lipinski definition) is 1. The lowest BCUT2D eigenvalue weighted by Gasteiger charge is -2.04. The number of nitrogens with one attached hydrogen (secondary N) is 1. The highest BCUT2D eigenvalue weighted by molar-refractivity contribution is 9.10. The first-order valence-electron chi connectivity index (χ1n) is 5.54. The third kappa shape index (κ3) is 2.92. The first-order chi connectivity index (χ1) is 7.63. The van der Waals surface area contributed by atoms with E-state index in [1.165, 1.54) is 0 Å². The van der Waals surface area contributed by atoms with Crippen molar-refractivity contribution in [2.24, 2.45) is 0 Å². The highest BCUT2D eigenvalue weighted by atomic mass is 79.9. The number of halogens is 1. The van der Waals surface area contributed by atoms with Crippen molar-refractivity contribution in [3.63, 3.8) is 0 Å². The predicted octanol–water partition coefficient (Wildman–Crippen LogP) is 1.56. The summed E-state index contributed by atoms with van der Waals surface area (Å²) in [7, 11) is 1.78. The monoisotopic (exact) mass is 287 g/mol. The Labute approximate surface area is 105 Å². The van der Waals surface area contributed by atoms with Crippen molar-refractivity contribution < 1.29 is 4.79 Å². The molecule has 0 atom stereocenters. The average molecular weight is 288 g/mol. The predicted molar refractivity (Wildman–Crippen MR) is 67.6 cm³/mol. The van der Waals surface area contributed by atoms with Crippen LogP contribution in [0.25, 0.3) is 0 Å². The molecule has 1 aromatic rings. The standard InChI is InChI=1S/C11H18BrN3O/c1-4-9-11(12)10(15(5-2)14-9)6-8(16)7-13-3/h13H,4-7H2,1-3H3. The molecule has 4 nitrogen and oxygen atoms in total. The summed E-state index contributed by atoms with van der Waals surface area (Å²) in [5.41, 5.74) is 2.01. The number of likely N-dealkylation sites (N-methyl/N-ethyl adjacent to an activating group) is 1. The van der Waals surface area contributed by atoms with Crippen LogP contribution >= 0.6 is 15.9 Å². The highest BCUT2D eigenvalue weighted by Gasteiger charge is 2.16. The quantitative estimate of drug-likeness (QED) is 0.864. The van der Waals surface area contributed by atoms with E-state index < -0.39 is 0 Å². The fourth-order valence-corrected chi connectivity index (χ4v) is 2.34. The lowest BCUT2D eigenvalue weighted by Crippen LogP contribution is -2.21. The van der Waals surface area contributed by atoms with Gasteiger partial charge in [-0.3, -0.25) is 9.48 Å². The lowest BCUT2D eigenvalue weighted by molar-refractivity contribution is -0.117. The number of Topliss-reactive ketones (excluding diaryl/α,β-unsaturated/α-hetero) is 1. The molecule has 0 amide bonds. The fraction of sp³-hybridized carbons (Fsp3) is 0.636.